The van der Waals surface area contributed by atoms with Gasteiger partial charge in [-0.2, -0.15) is 0 Å². The Morgan fingerprint density at radius 1 is 1.03 bits per heavy atom. The van der Waals surface area contributed by atoms with Crippen molar-refractivity contribution in [1.82, 2.24) is 10.2 Å². The molecule has 30 heavy (non-hydrogen) atoms. The van der Waals surface area contributed by atoms with Gasteiger partial charge in [-0.05, 0) is 50.8 Å². The standard InChI is InChI=1S/C25H34N2O2S/c1-6-23(25(29)26-18(2)3)27(15-22-10-8-7-9-20(22)5)24(28)17-30-16-21-13-11-19(4)12-14-21/h7-14,18,23H,6,15-17H2,1-5H3,(H,26,29)/t23-/m1/s1. The quantitative estimate of drug-likeness (QED) is 0.590. The van der Waals surface area contributed by atoms with E-state index in [9.17, 15) is 9.59 Å². The van der Waals surface area contributed by atoms with E-state index in [2.05, 4.69) is 36.5 Å². The molecule has 2 aromatic carbocycles. The fraction of sp³-hybridized carbons (Fsp3) is 0.440. The van der Waals surface area contributed by atoms with E-state index in [1.54, 1.807) is 16.7 Å². The number of carbonyl (C=O) groups is 2. The van der Waals surface area contributed by atoms with Crippen molar-refractivity contribution in [3.05, 3.63) is 70.8 Å². The van der Waals surface area contributed by atoms with E-state index in [1.807, 2.05) is 52.0 Å². The highest BCUT2D eigenvalue weighted by Crippen LogP contribution is 2.19. The van der Waals surface area contributed by atoms with Crippen molar-refractivity contribution in [2.45, 2.75) is 65.4 Å². The van der Waals surface area contributed by atoms with Gasteiger partial charge in [-0.15, -0.1) is 11.8 Å². The van der Waals surface area contributed by atoms with Crippen molar-refractivity contribution in [2.75, 3.05) is 5.75 Å². The number of carbonyl (C=O) groups excluding carboxylic acids is 2. The molecule has 2 amide bonds. The van der Waals surface area contributed by atoms with Gasteiger partial charge in [0.2, 0.25) is 11.8 Å². The van der Waals surface area contributed by atoms with Gasteiger partial charge in [-0.25, -0.2) is 0 Å². The summed E-state index contributed by atoms with van der Waals surface area (Å²) in [5.74, 6) is 1.05. The smallest absolute Gasteiger partial charge is 0.243 e. The molecule has 0 fully saturated rings. The van der Waals surface area contributed by atoms with Crippen LogP contribution in [0.2, 0.25) is 0 Å². The van der Waals surface area contributed by atoms with Crippen LogP contribution in [0.15, 0.2) is 48.5 Å². The van der Waals surface area contributed by atoms with Crippen LogP contribution in [0, 0.1) is 13.8 Å². The van der Waals surface area contributed by atoms with Gasteiger partial charge >= 0.3 is 0 Å². The highest BCUT2D eigenvalue weighted by molar-refractivity contribution is 7.99. The van der Waals surface area contributed by atoms with Gasteiger partial charge in [0.1, 0.15) is 6.04 Å². The predicted octanol–water partition coefficient (Wildman–Crippen LogP) is 4.87. The summed E-state index contributed by atoms with van der Waals surface area (Å²) in [6.45, 7) is 10.4. The lowest BCUT2D eigenvalue weighted by atomic mass is 10.1. The fourth-order valence-corrected chi connectivity index (χ4v) is 4.17. The zero-order valence-corrected chi connectivity index (χ0v) is 19.6. The Balaban J connectivity index is 2.13. The van der Waals surface area contributed by atoms with Gasteiger partial charge in [0, 0.05) is 18.3 Å². The molecule has 2 rings (SSSR count). The maximum Gasteiger partial charge on any atom is 0.243 e. The molecule has 0 unspecified atom stereocenters. The number of hydrogen-bond donors (Lipinski definition) is 1. The number of benzene rings is 2. The first-order chi connectivity index (χ1) is 14.3. The molecule has 0 bridgehead atoms. The van der Waals surface area contributed by atoms with E-state index < -0.39 is 6.04 Å². The average Bonchev–Trinajstić information content (AvgIpc) is 2.70. The SMILES string of the molecule is CC[C@H](C(=O)NC(C)C)N(Cc1ccccc1C)C(=O)CSCc1ccc(C)cc1. The average molecular weight is 427 g/mol. The van der Waals surface area contributed by atoms with Crippen LogP contribution in [-0.2, 0) is 21.9 Å². The van der Waals surface area contributed by atoms with Crippen LogP contribution in [0.4, 0.5) is 0 Å². The van der Waals surface area contributed by atoms with Gasteiger partial charge in [-0.3, -0.25) is 9.59 Å². The third-order valence-corrected chi connectivity index (χ3v) is 6.02. The maximum absolute atomic E-state index is 13.2. The summed E-state index contributed by atoms with van der Waals surface area (Å²) in [7, 11) is 0. The van der Waals surface area contributed by atoms with E-state index in [0.717, 1.165) is 16.9 Å². The highest BCUT2D eigenvalue weighted by Gasteiger charge is 2.29. The van der Waals surface area contributed by atoms with Crippen molar-refractivity contribution in [3.63, 3.8) is 0 Å². The number of nitrogens with zero attached hydrogens (tertiary/aromatic N) is 1. The minimum Gasteiger partial charge on any atom is -0.352 e. The number of hydrogen-bond acceptors (Lipinski definition) is 3. The van der Waals surface area contributed by atoms with E-state index in [1.165, 1.54) is 11.1 Å². The molecular weight excluding hydrogens is 392 g/mol. The van der Waals surface area contributed by atoms with Crippen LogP contribution in [0.1, 0.15) is 49.4 Å². The lowest BCUT2D eigenvalue weighted by Gasteiger charge is -2.31. The Hall–Kier alpha value is -2.27. The zero-order valence-electron chi connectivity index (χ0n) is 18.8. The van der Waals surface area contributed by atoms with Crippen molar-refractivity contribution >= 4 is 23.6 Å². The maximum atomic E-state index is 13.2. The topological polar surface area (TPSA) is 49.4 Å². The van der Waals surface area contributed by atoms with Crippen molar-refractivity contribution < 1.29 is 9.59 Å². The van der Waals surface area contributed by atoms with Crippen molar-refractivity contribution in [2.24, 2.45) is 0 Å². The first-order valence-corrected chi connectivity index (χ1v) is 11.7. The Morgan fingerprint density at radius 3 is 2.30 bits per heavy atom. The third kappa shape index (κ3) is 7.21. The number of amides is 2. The van der Waals surface area contributed by atoms with Crippen LogP contribution in [-0.4, -0.2) is 34.6 Å². The van der Waals surface area contributed by atoms with Crippen LogP contribution in [0.5, 0.6) is 0 Å². The summed E-state index contributed by atoms with van der Waals surface area (Å²) in [5.41, 5.74) is 4.63. The van der Waals surface area contributed by atoms with Gasteiger partial charge in [0.05, 0.1) is 5.75 Å². The van der Waals surface area contributed by atoms with E-state index in [-0.39, 0.29) is 17.9 Å². The summed E-state index contributed by atoms with van der Waals surface area (Å²) in [5, 5.41) is 2.98. The molecular formula is C25H34N2O2S. The van der Waals surface area contributed by atoms with Gasteiger partial charge in [0.25, 0.3) is 0 Å². The largest absolute Gasteiger partial charge is 0.352 e. The minimum absolute atomic E-state index is 0.00104. The summed E-state index contributed by atoms with van der Waals surface area (Å²) >= 11 is 1.59. The third-order valence-electron chi connectivity index (χ3n) is 5.03. The first-order valence-electron chi connectivity index (χ1n) is 10.6. The van der Waals surface area contributed by atoms with Crippen LogP contribution >= 0.6 is 11.8 Å². The molecule has 0 saturated heterocycles. The zero-order chi connectivity index (χ0) is 22.1. The monoisotopic (exact) mass is 426 g/mol. The minimum atomic E-state index is -0.473. The first kappa shape index (κ1) is 24.0. The molecule has 0 spiro atoms. The molecule has 0 aliphatic carbocycles. The molecule has 1 atom stereocenters. The fourth-order valence-electron chi connectivity index (χ4n) is 3.29. The number of aryl methyl sites for hydroxylation is 2. The molecule has 0 heterocycles. The molecule has 0 aliphatic rings. The Labute approximate surface area is 185 Å². The van der Waals surface area contributed by atoms with Gasteiger partial charge in [-0.1, -0.05) is 61.0 Å². The normalized spacial score (nSPS) is 11.9. The molecule has 5 heteroatoms. The second-order valence-electron chi connectivity index (χ2n) is 8.01. The van der Waals surface area contributed by atoms with Crippen LogP contribution < -0.4 is 5.32 Å². The Kier molecular flexibility index (Phi) is 9.44. The van der Waals surface area contributed by atoms with E-state index in [4.69, 9.17) is 0 Å². The molecule has 1 N–H and O–H groups in total. The number of rotatable bonds is 10. The molecule has 0 aliphatic heterocycles. The summed E-state index contributed by atoms with van der Waals surface area (Å²) < 4.78 is 0. The lowest BCUT2D eigenvalue weighted by Crippen LogP contribution is -2.51. The summed E-state index contributed by atoms with van der Waals surface area (Å²) in [6, 6.07) is 16.0. The van der Waals surface area contributed by atoms with E-state index in [0.29, 0.717) is 18.7 Å². The molecule has 162 valence electrons. The van der Waals surface area contributed by atoms with Crippen molar-refractivity contribution in [3.8, 4) is 0 Å². The second-order valence-corrected chi connectivity index (χ2v) is 9.00. The molecule has 2 aromatic rings. The van der Waals surface area contributed by atoms with Gasteiger partial charge in [0.15, 0.2) is 0 Å². The molecule has 0 radical (unpaired) electrons. The lowest BCUT2D eigenvalue weighted by molar-refractivity contribution is -0.139. The highest BCUT2D eigenvalue weighted by atomic mass is 32.2. The summed E-state index contributed by atoms with van der Waals surface area (Å²) in [6.07, 6.45) is 0.582. The predicted molar refractivity (Wildman–Crippen MR) is 126 cm³/mol. The number of thioether (sulfide) groups is 1. The van der Waals surface area contributed by atoms with Crippen LogP contribution in [0.25, 0.3) is 0 Å². The molecule has 0 saturated carbocycles. The molecule has 4 nitrogen and oxygen atoms in total. The molecule has 0 aromatic heterocycles. The number of nitrogens with one attached hydrogen (secondary N) is 1. The summed E-state index contributed by atoms with van der Waals surface area (Å²) in [4.78, 5) is 27.8. The van der Waals surface area contributed by atoms with E-state index >= 15 is 0 Å². The van der Waals surface area contributed by atoms with Gasteiger partial charge < -0.3 is 10.2 Å². The second kappa shape index (κ2) is 11.8. The van der Waals surface area contributed by atoms with Crippen LogP contribution in [0.3, 0.4) is 0 Å². The Morgan fingerprint density at radius 2 is 1.70 bits per heavy atom. The van der Waals surface area contributed by atoms with Crippen molar-refractivity contribution in [1.29, 1.82) is 0 Å². The Bertz CT molecular complexity index is 833.